The molecule has 0 fully saturated rings. The highest BCUT2D eigenvalue weighted by molar-refractivity contribution is 7.11. The SMILES string of the molecule is [C-]#[N+]c1ncc(-n2cc(-c3ccc(CNC(=O)c4scnc4C)c(F)c3)cn2)cc1C(F)(F)F. The van der Waals surface area contributed by atoms with Gasteiger partial charge in [0.25, 0.3) is 11.7 Å². The van der Waals surface area contributed by atoms with Crippen LogP contribution in [0.2, 0.25) is 0 Å². The molecule has 0 spiro atoms. The average molecular weight is 486 g/mol. The third kappa shape index (κ3) is 4.65. The van der Waals surface area contributed by atoms with Crippen molar-refractivity contribution >= 4 is 23.1 Å². The number of nitrogens with zero attached hydrogens (tertiary/aromatic N) is 5. The second-order valence-corrected chi connectivity index (χ2v) is 7.96. The summed E-state index contributed by atoms with van der Waals surface area (Å²) >= 11 is 1.19. The van der Waals surface area contributed by atoms with Crippen LogP contribution in [0.3, 0.4) is 0 Å². The van der Waals surface area contributed by atoms with E-state index in [9.17, 15) is 22.4 Å². The van der Waals surface area contributed by atoms with E-state index in [1.807, 2.05) is 0 Å². The van der Waals surface area contributed by atoms with Crippen molar-refractivity contribution in [3.8, 4) is 16.8 Å². The summed E-state index contributed by atoms with van der Waals surface area (Å²) in [4.78, 5) is 23.0. The lowest BCUT2D eigenvalue weighted by Gasteiger charge is -2.09. The number of carbonyl (C=O) groups excluding carboxylic acids is 1. The second-order valence-electron chi connectivity index (χ2n) is 7.10. The van der Waals surface area contributed by atoms with Crippen molar-refractivity contribution in [3.05, 3.63) is 87.3 Å². The predicted molar refractivity (Wildman–Crippen MR) is 116 cm³/mol. The van der Waals surface area contributed by atoms with E-state index in [-0.39, 0.29) is 23.7 Å². The van der Waals surface area contributed by atoms with Gasteiger partial charge in [-0.15, -0.1) is 16.3 Å². The minimum Gasteiger partial charge on any atom is -0.360 e. The monoisotopic (exact) mass is 486 g/mol. The lowest BCUT2D eigenvalue weighted by Crippen LogP contribution is -2.23. The molecule has 172 valence electrons. The van der Waals surface area contributed by atoms with Crippen LogP contribution in [0, 0.1) is 19.3 Å². The first kappa shape index (κ1) is 23.1. The molecular formula is C22H14F4N6OS. The van der Waals surface area contributed by atoms with Crippen molar-refractivity contribution in [1.82, 2.24) is 25.1 Å². The van der Waals surface area contributed by atoms with E-state index in [2.05, 4.69) is 25.2 Å². The number of amides is 1. The fraction of sp³-hybridized carbons (Fsp3) is 0.136. The Hall–Kier alpha value is -4.11. The Bertz CT molecular complexity index is 1420. The summed E-state index contributed by atoms with van der Waals surface area (Å²) in [7, 11) is 0. The number of halogens is 4. The topological polar surface area (TPSA) is 77.1 Å². The van der Waals surface area contributed by atoms with E-state index in [4.69, 9.17) is 6.57 Å². The molecular weight excluding hydrogens is 472 g/mol. The summed E-state index contributed by atoms with van der Waals surface area (Å²) in [5, 5.41) is 6.69. The second kappa shape index (κ2) is 9.03. The smallest absolute Gasteiger partial charge is 0.360 e. The molecule has 34 heavy (non-hydrogen) atoms. The third-order valence-electron chi connectivity index (χ3n) is 4.89. The van der Waals surface area contributed by atoms with Crippen LogP contribution in [0.5, 0.6) is 0 Å². The molecule has 3 heterocycles. The fourth-order valence-corrected chi connectivity index (χ4v) is 3.85. The van der Waals surface area contributed by atoms with Crippen LogP contribution in [0.15, 0.2) is 48.4 Å². The summed E-state index contributed by atoms with van der Waals surface area (Å²) in [6, 6.07) is 5.16. The number of nitrogens with one attached hydrogen (secondary N) is 1. The van der Waals surface area contributed by atoms with E-state index >= 15 is 0 Å². The number of aryl methyl sites for hydroxylation is 1. The first-order valence-corrected chi connectivity index (χ1v) is 10.5. The van der Waals surface area contributed by atoms with E-state index in [0.717, 1.165) is 16.9 Å². The van der Waals surface area contributed by atoms with Crippen LogP contribution in [0.4, 0.5) is 23.4 Å². The third-order valence-corrected chi connectivity index (χ3v) is 5.82. The largest absolute Gasteiger partial charge is 0.409 e. The molecule has 0 unspecified atom stereocenters. The molecule has 0 aliphatic carbocycles. The van der Waals surface area contributed by atoms with Crippen LogP contribution in [-0.4, -0.2) is 25.7 Å². The molecule has 0 saturated heterocycles. The number of rotatable bonds is 5. The Kier molecular flexibility index (Phi) is 6.12. The zero-order valence-corrected chi connectivity index (χ0v) is 18.2. The molecule has 0 aliphatic rings. The minimum atomic E-state index is -4.74. The quantitative estimate of drug-likeness (QED) is 0.305. The first-order chi connectivity index (χ1) is 16.2. The van der Waals surface area contributed by atoms with Gasteiger partial charge < -0.3 is 10.2 Å². The maximum atomic E-state index is 14.7. The van der Waals surface area contributed by atoms with E-state index < -0.39 is 23.4 Å². The molecule has 7 nitrogen and oxygen atoms in total. The molecule has 3 aromatic heterocycles. The van der Waals surface area contributed by atoms with Crippen molar-refractivity contribution in [2.45, 2.75) is 19.6 Å². The van der Waals surface area contributed by atoms with Crippen molar-refractivity contribution in [2.24, 2.45) is 0 Å². The van der Waals surface area contributed by atoms with E-state index in [1.165, 1.54) is 35.9 Å². The number of alkyl halides is 3. The lowest BCUT2D eigenvalue weighted by molar-refractivity contribution is -0.137. The van der Waals surface area contributed by atoms with Crippen LogP contribution < -0.4 is 5.32 Å². The Labute approximate surface area is 194 Å². The Morgan fingerprint density at radius 3 is 2.65 bits per heavy atom. The minimum absolute atomic E-state index is 0.00383. The molecule has 0 bridgehead atoms. The van der Waals surface area contributed by atoms with Gasteiger partial charge in [0.05, 0.1) is 23.0 Å². The van der Waals surface area contributed by atoms with Crippen molar-refractivity contribution in [3.63, 3.8) is 0 Å². The highest BCUT2D eigenvalue weighted by atomic mass is 32.1. The van der Waals surface area contributed by atoms with E-state index in [0.29, 0.717) is 21.7 Å². The van der Waals surface area contributed by atoms with Crippen LogP contribution >= 0.6 is 11.3 Å². The van der Waals surface area contributed by atoms with E-state index in [1.54, 1.807) is 18.5 Å². The van der Waals surface area contributed by atoms with Crippen LogP contribution in [-0.2, 0) is 12.7 Å². The molecule has 0 radical (unpaired) electrons. The van der Waals surface area contributed by atoms with Gasteiger partial charge in [-0.3, -0.25) is 4.79 Å². The maximum Gasteiger partial charge on any atom is 0.409 e. The molecule has 0 saturated carbocycles. The summed E-state index contributed by atoms with van der Waals surface area (Å²) < 4.78 is 55.5. The van der Waals surface area contributed by atoms with Crippen LogP contribution in [0.25, 0.3) is 21.7 Å². The Balaban J connectivity index is 1.53. The normalized spacial score (nSPS) is 11.3. The van der Waals surface area contributed by atoms with Gasteiger partial charge in [0.15, 0.2) is 0 Å². The molecule has 1 amide bonds. The zero-order chi connectivity index (χ0) is 24.5. The fourth-order valence-electron chi connectivity index (χ4n) is 3.13. The van der Waals surface area contributed by atoms with Gasteiger partial charge in [0.2, 0.25) is 0 Å². The number of pyridine rings is 1. The molecule has 1 N–H and O–H groups in total. The summed E-state index contributed by atoms with van der Waals surface area (Å²) in [6.45, 7) is 8.55. The molecule has 4 aromatic rings. The number of hydrogen-bond acceptors (Lipinski definition) is 5. The van der Waals surface area contributed by atoms with Crippen molar-refractivity contribution in [1.29, 1.82) is 0 Å². The highest BCUT2D eigenvalue weighted by Gasteiger charge is 2.35. The van der Waals surface area contributed by atoms with Gasteiger partial charge in [-0.05, 0) is 24.6 Å². The Morgan fingerprint density at radius 1 is 1.21 bits per heavy atom. The van der Waals surface area contributed by atoms with Crippen molar-refractivity contribution < 1.29 is 22.4 Å². The average Bonchev–Trinajstić information content (AvgIpc) is 3.46. The number of aromatic nitrogens is 4. The molecule has 0 aliphatic heterocycles. The Morgan fingerprint density at radius 2 is 2.00 bits per heavy atom. The number of thiazole rings is 1. The number of carbonyl (C=O) groups is 1. The van der Waals surface area contributed by atoms with Gasteiger partial charge >= 0.3 is 6.18 Å². The predicted octanol–water partition coefficient (Wildman–Crippen LogP) is 5.34. The summed E-state index contributed by atoms with van der Waals surface area (Å²) in [5.74, 6) is -1.66. The van der Waals surface area contributed by atoms with Gasteiger partial charge in [-0.1, -0.05) is 18.7 Å². The van der Waals surface area contributed by atoms with Crippen LogP contribution in [0.1, 0.15) is 26.5 Å². The molecule has 0 atom stereocenters. The standard InChI is InChI=1S/C22H14F4N6OS/c1-12-19(34-11-30-12)21(33)29-7-14-4-3-13(5-18(14)23)15-8-31-32(10-15)16-6-17(22(24,25)26)20(27-2)28-9-16/h3-6,8-11H,7H2,1H3,(H,29,33). The molecule has 1 aromatic carbocycles. The summed E-state index contributed by atoms with van der Waals surface area (Å²) in [6.07, 6.45) is -0.834. The lowest BCUT2D eigenvalue weighted by atomic mass is 10.1. The van der Waals surface area contributed by atoms with Gasteiger partial charge in [-0.25, -0.2) is 14.1 Å². The summed E-state index contributed by atoms with van der Waals surface area (Å²) in [5.41, 5.74) is 2.15. The highest BCUT2D eigenvalue weighted by Crippen LogP contribution is 2.36. The van der Waals surface area contributed by atoms with Gasteiger partial charge in [-0.2, -0.15) is 18.3 Å². The van der Waals surface area contributed by atoms with Gasteiger partial charge in [0.1, 0.15) is 22.6 Å². The molecule has 12 heteroatoms. The maximum absolute atomic E-state index is 14.7. The zero-order valence-electron chi connectivity index (χ0n) is 17.4. The van der Waals surface area contributed by atoms with Gasteiger partial charge in [0, 0.05) is 23.9 Å². The number of hydrogen-bond donors (Lipinski definition) is 1. The van der Waals surface area contributed by atoms with Crippen molar-refractivity contribution in [2.75, 3.05) is 0 Å². The number of benzene rings is 1. The first-order valence-electron chi connectivity index (χ1n) is 9.64. The molecule has 4 rings (SSSR count).